The summed E-state index contributed by atoms with van der Waals surface area (Å²) in [5.74, 6) is -0.611. The van der Waals surface area contributed by atoms with E-state index in [-0.39, 0.29) is 16.6 Å². The molecule has 0 aliphatic carbocycles. The highest BCUT2D eigenvalue weighted by Crippen LogP contribution is 2.29. The smallest absolute Gasteiger partial charge is 0.253 e. The van der Waals surface area contributed by atoms with Crippen molar-refractivity contribution in [1.82, 2.24) is 9.62 Å². The molecule has 2 heterocycles. The molecular weight excluding hydrogens is 429 g/mol. The lowest BCUT2D eigenvalue weighted by Crippen LogP contribution is -2.36. The molecule has 0 aromatic heterocycles. The van der Waals surface area contributed by atoms with Crippen LogP contribution in [0.3, 0.4) is 0 Å². The molecule has 4 rings (SSSR count). The first-order valence-electron chi connectivity index (χ1n) is 11.4. The third kappa shape index (κ3) is 5.13. The average molecular weight is 460 g/mol. The molecule has 6 nitrogen and oxygen atoms in total. The summed E-state index contributed by atoms with van der Waals surface area (Å²) in [7, 11) is -3.63. The Kier molecular flexibility index (Phi) is 7.10. The van der Waals surface area contributed by atoms with Gasteiger partial charge in [0.05, 0.1) is 10.5 Å². The van der Waals surface area contributed by atoms with E-state index in [1.807, 2.05) is 6.07 Å². The molecule has 2 saturated heterocycles. The van der Waals surface area contributed by atoms with Gasteiger partial charge in [0.25, 0.3) is 5.91 Å². The van der Waals surface area contributed by atoms with Crippen molar-refractivity contribution in [3.8, 4) is 0 Å². The Bertz CT molecular complexity index is 1060. The van der Waals surface area contributed by atoms with Crippen molar-refractivity contribution in [2.45, 2.75) is 43.4 Å². The van der Waals surface area contributed by atoms with Gasteiger partial charge in [-0.3, -0.25) is 4.79 Å². The highest BCUT2D eigenvalue weighted by Gasteiger charge is 2.28. The van der Waals surface area contributed by atoms with Gasteiger partial charge >= 0.3 is 0 Å². The predicted octanol–water partition coefficient (Wildman–Crippen LogP) is 3.57. The molecule has 0 radical (unpaired) electrons. The van der Waals surface area contributed by atoms with Gasteiger partial charge in [0.15, 0.2) is 0 Å². The molecule has 2 aromatic rings. The third-order valence-corrected chi connectivity index (χ3v) is 8.10. The van der Waals surface area contributed by atoms with Gasteiger partial charge in [0, 0.05) is 38.4 Å². The summed E-state index contributed by atoms with van der Waals surface area (Å²) in [6.45, 7) is 3.07. The maximum absolute atomic E-state index is 13.4. The Balaban J connectivity index is 1.56. The molecule has 0 saturated carbocycles. The van der Waals surface area contributed by atoms with Crippen LogP contribution in [0.25, 0.3) is 0 Å². The van der Waals surface area contributed by atoms with Gasteiger partial charge in [-0.2, -0.15) is 4.31 Å². The molecule has 1 N–H and O–H groups in total. The number of amides is 1. The van der Waals surface area contributed by atoms with Gasteiger partial charge in [0.2, 0.25) is 10.0 Å². The number of halogens is 1. The molecule has 0 unspecified atom stereocenters. The summed E-state index contributed by atoms with van der Waals surface area (Å²) in [5.41, 5.74) is 1.94. The molecule has 1 amide bonds. The largest absolute Gasteiger partial charge is 0.371 e. The van der Waals surface area contributed by atoms with Gasteiger partial charge in [-0.05, 0) is 68.0 Å². The minimum atomic E-state index is -3.63. The summed E-state index contributed by atoms with van der Waals surface area (Å²) in [6, 6.07) is 11.2. The van der Waals surface area contributed by atoms with E-state index in [9.17, 15) is 17.6 Å². The zero-order valence-electron chi connectivity index (χ0n) is 18.2. The number of nitrogens with one attached hydrogen (secondary N) is 1. The number of piperidine rings is 1. The number of benzene rings is 2. The van der Waals surface area contributed by atoms with E-state index in [0.29, 0.717) is 31.6 Å². The minimum absolute atomic E-state index is 0.164. The molecule has 2 aliphatic rings. The van der Waals surface area contributed by atoms with Crippen LogP contribution in [0.4, 0.5) is 10.1 Å². The van der Waals surface area contributed by atoms with Crippen molar-refractivity contribution in [2.24, 2.45) is 0 Å². The highest BCUT2D eigenvalue weighted by atomic mass is 32.2. The lowest BCUT2D eigenvalue weighted by molar-refractivity contribution is 0.0954. The monoisotopic (exact) mass is 459 g/mol. The topological polar surface area (TPSA) is 69.7 Å². The molecule has 0 spiro atoms. The van der Waals surface area contributed by atoms with Crippen LogP contribution in [0.15, 0.2) is 47.4 Å². The van der Waals surface area contributed by atoms with Gasteiger partial charge in [-0.1, -0.05) is 18.6 Å². The van der Waals surface area contributed by atoms with Crippen molar-refractivity contribution in [2.75, 3.05) is 37.6 Å². The number of nitrogens with zero attached hydrogens (tertiary/aromatic N) is 2. The fraction of sp³-hybridized carbons (Fsp3) is 0.458. The van der Waals surface area contributed by atoms with Crippen LogP contribution in [0.5, 0.6) is 0 Å². The number of hydrogen-bond donors (Lipinski definition) is 1. The summed E-state index contributed by atoms with van der Waals surface area (Å²) in [5, 5.41) is 2.89. The molecule has 172 valence electrons. The number of hydrogen-bond acceptors (Lipinski definition) is 4. The Morgan fingerprint density at radius 2 is 1.66 bits per heavy atom. The molecule has 2 aliphatic heterocycles. The Morgan fingerprint density at radius 3 is 2.38 bits per heavy atom. The number of carbonyl (C=O) groups excluding carboxylic acids is 1. The predicted molar refractivity (Wildman–Crippen MR) is 123 cm³/mol. The Morgan fingerprint density at radius 1 is 0.938 bits per heavy atom. The van der Waals surface area contributed by atoms with E-state index >= 15 is 0 Å². The minimum Gasteiger partial charge on any atom is -0.371 e. The Labute approximate surface area is 189 Å². The zero-order chi connectivity index (χ0) is 22.6. The standard InChI is InChI=1S/C24H30FN3O3S/c25-20-8-6-7-19(17-20)11-12-26-24(29)22-18-21(9-10-23(22)27-13-4-5-14-27)32(30,31)28-15-2-1-3-16-28/h6-10,17-18H,1-5,11-16H2,(H,26,29). The summed E-state index contributed by atoms with van der Waals surface area (Å²) < 4.78 is 41.3. The first kappa shape index (κ1) is 22.7. The van der Waals surface area contributed by atoms with E-state index in [0.717, 1.165) is 56.4 Å². The van der Waals surface area contributed by atoms with Gasteiger partial charge in [-0.15, -0.1) is 0 Å². The SMILES string of the molecule is O=C(NCCc1cccc(F)c1)c1cc(S(=O)(=O)N2CCCCC2)ccc1N1CCCC1. The van der Waals surface area contributed by atoms with Gasteiger partial charge in [-0.25, -0.2) is 12.8 Å². The normalized spacial score (nSPS) is 17.5. The zero-order valence-corrected chi connectivity index (χ0v) is 19.0. The van der Waals surface area contributed by atoms with Crippen LogP contribution in [0, 0.1) is 5.82 Å². The van der Waals surface area contributed by atoms with E-state index in [1.54, 1.807) is 18.2 Å². The lowest BCUT2D eigenvalue weighted by atomic mass is 10.1. The van der Waals surface area contributed by atoms with Crippen LogP contribution >= 0.6 is 0 Å². The van der Waals surface area contributed by atoms with Crippen LogP contribution < -0.4 is 10.2 Å². The third-order valence-electron chi connectivity index (χ3n) is 6.20. The van der Waals surface area contributed by atoms with Crippen molar-refractivity contribution in [3.63, 3.8) is 0 Å². The van der Waals surface area contributed by atoms with E-state index in [1.165, 1.54) is 22.5 Å². The second-order valence-electron chi connectivity index (χ2n) is 8.47. The number of carbonyl (C=O) groups is 1. The van der Waals surface area contributed by atoms with Crippen molar-refractivity contribution in [1.29, 1.82) is 0 Å². The number of anilines is 1. The molecule has 8 heteroatoms. The number of sulfonamides is 1. The molecule has 2 fully saturated rings. The van der Waals surface area contributed by atoms with E-state index in [2.05, 4.69) is 10.2 Å². The first-order chi connectivity index (χ1) is 15.4. The lowest BCUT2D eigenvalue weighted by Gasteiger charge is -2.27. The average Bonchev–Trinajstić information content (AvgIpc) is 3.34. The van der Waals surface area contributed by atoms with Crippen LogP contribution in [0.2, 0.25) is 0 Å². The maximum Gasteiger partial charge on any atom is 0.253 e. The van der Waals surface area contributed by atoms with E-state index in [4.69, 9.17) is 0 Å². The maximum atomic E-state index is 13.4. The van der Waals surface area contributed by atoms with Gasteiger partial charge < -0.3 is 10.2 Å². The molecule has 2 aromatic carbocycles. The first-order valence-corrected chi connectivity index (χ1v) is 12.8. The second kappa shape index (κ2) is 10.0. The fourth-order valence-corrected chi connectivity index (χ4v) is 6.00. The van der Waals surface area contributed by atoms with Crippen molar-refractivity contribution in [3.05, 3.63) is 59.4 Å². The second-order valence-corrected chi connectivity index (χ2v) is 10.4. The van der Waals surface area contributed by atoms with Crippen molar-refractivity contribution >= 4 is 21.6 Å². The summed E-state index contributed by atoms with van der Waals surface area (Å²) in [6.07, 6.45) is 5.35. The molecule has 0 atom stereocenters. The quantitative estimate of drug-likeness (QED) is 0.687. The van der Waals surface area contributed by atoms with E-state index < -0.39 is 10.0 Å². The van der Waals surface area contributed by atoms with Crippen LogP contribution in [-0.2, 0) is 16.4 Å². The molecular formula is C24H30FN3O3S. The fourth-order valence-electron chi connectivity index (χ4n) is 4.45. The number of rotatable bonds is 7. The Hall–Kier alpha value is -2.45. The van der Waals surface area contributed by atoms with Crippen LogP contribution in [-0.4, -0.2) is 51.4 Å². The molecule has 0 bridgehead atoms. The van der Waals surface area contributed by atoms with Crippen LogP contribution in [0.1, 0.15) is 48.0 Å². The van der Waals surface area contributed by atoms with Crippen molar-refractivity contribution < 1.29 is 17.6 Å². The highest BCUT2D eigenvalue weighted by molar-refractivity contribution is 7.89. The summed E-state index contributed by atoms with van der Waals surface area (Å²) >= 11 is 0. The van der Waals surface area contributed by atoms with Gasteiger partial charge in [0.1, 0.15) is 5.82 Å². The molecule has 32 heavy (non-hydrogen) atoms. The summed E-state index contributed by atoms with van der Waals surface area (Å²) in [4.78, 5) is 15.4.